The highest BCUT2D eigenvalue weighted by Crippen LogP contribution is 2.39. The summed E-state index contributed by atoms with van der Waals surface area (Å²) in [5, 5.41) is 4.52. The van der Waals surface area contributed by atoms with E-state index in [1.165, 1.54) is 32.1 Å². The summed E-state index contributed by atoms with van der Waals surface area (Å²) >= 11 is 0. The summed E-state index contributed by atoms with van der Waals surface area (Å²) in [4.78, 5) is 11.5. The lowest BCUT2D eigenvalue weighted by molar-refractivity contribution is -0.142. The molecule has 122 valence electrons. The van der Waals surface area contributed by atoms with Crippen molar-refractivity contribution in [3.8, 4) is 0 Å². The maximum Gasteiger partial charge on any atom is 0.305 e. The average molecular weight is 306 g/mol. The zero-order valence-corrected chi connectivity index (χ0v) is 13.4. The summed E-state index contributed by atoms with van der Waals surface area (Å²) in [5.74, 6) is 0.827. The first-order chi connectivity index (χ1) is 10.8. The van der Waals surface area contributed by atoms with Gasteiger partial charge >= 0.3 is 5.97 Å². The van der Waals surface area contributed by atoms with Crippen molar-refractivity contribution in [1.82, 2.24) is 9.78 Å². The predicted molar refractivity (Wildman–Crippen MR) is 82.4 cm³/mol. The molecule has 0 aromatic carbocycles. The van der Waals surface area contributed by atoms with Gasteiger partial charge in [0.2, 0.25) is 0 Å². The van der Waals surface area contributed by atoms with Crippen LogP contribution in [0.5, 0.6) is 0 Å². The molecule has 1 aromatic heterocycles. The van der Waals surface area contributed by atoms with Gasteiger partial charge in [-0.25, -0.2) is 4.68 Å². The molecule has 1 aliphatic carbocycles. The van der Waals surface area contributed by atoms with Crippen LogP contribution in [-0.2, 0) is 14.3 Å². The van der Waals surface area contributed by atoms with Crippen molar-refractivity contribution in [2.24, 2.45) is 5.92 Å². The van der Waals surface area contributed by atoms with E-state index in [0.717, 1.165) is 32.3 Å². The second-order valence-electron chi connectivity index (χ2n) is 6.53. The van der Waals surface area contributed by atoms with E-state index in [4.69, 9.17) is 9.47 Å². The molecule has 5 nitrogen and oxygen atoms in total. The largest absolute Gasteiger partial charge is 0.469 e. The third-order valence-corrected chi connectivity index (χ3v) is 5.01. The van der Waals surface area contributed by atoms with E-state index in [1.807, 2.05) is 6.20 Å². The van der Waals surface area contributed by atoms with Gasteiger partial charge in [0.1, 0.15) is 6.23 Å². The molecule has 2 fully saturated rings. The van der Waals surface area contributed by atoms with Gasteiger partial charge in [0.25, 0.3) is 0 Å². The highest BCUT2D eigenvalue weighted by molar-refractivity contribution is 5.69. The second kappa shape index (κ2) is 7.27. The van der Waals surface area contributed by atoms with Crippen molar-refractivity contribution in [3.63, 3.8) is 0 Å². The van der Waals surface area contributed by atoms with Crippen molar-refractivity contribution in [2.45, 2.75) is 63.5 Å². The monoisotopic (exact) mass is 306 g/mol. The first-order valence-corrected chi connectivity index (χ1v) is 8.49. The van der Waals surface area contributed by atoms with Gasteiger partial charge < -0.3 is 9.47 Å². The topological polar surface area (TPSA) is 53.3 Å². The molecule has 5 heteroatoms. The zero-order valence-electron chi connectivity index (χ0n) is 13.4. The van der Waals surface area contributed by atoms with Crippen LogP contribution in [0.25, 0.3) is 0 Å². The van der Waals surface area contributed by atoms with Gasteiger partial charge in [-0.05, 0) is 50.5 Å². The Morgan fingerprint density at radius 2 is 2.27 bits per heavy atom. The molecule has 22 heavy (non-hydrogen) atoms. The Morgan fingerprint density at radius 3 is 3.05 bits per heavy atom. The highest BCUT2D eigenvalue weighted by atomic mass is 16.5. The van der Waals surface area contributed by atoms with E-state index < -0.39 is 0 Å². The van der Waals surface area contributed by atoms with Crippen molar-refractivity contribution in [2.75, 3.05) is 13.7 Å². The number of nitrogens with zero attached hydrogens (tertiary/aromatic N) is 2. The zero-order chi connectivity index (χ0) is 15.4. The molecule has 1 saturated carbocycles. The molecule has 3 unspecified atom stereocenters. The van der Waals surface area contributed by atoms with E-state index in [2.05, 4.69) is 15.8 Å². The maximum absolute atomic E-state index is 11.5. The number of hydrogen-bond donors (Lipinski definition) is 0. The van der Waals surface area contributed by atoms with Crippen molar-refractivity contribution < 1.29 is 14.3 Å². The van der Waals surface area contributed by atoms with Gasteiger partial charge in [-0.1, -0.05) is 6.42 Å². The van der Waals surface area contributed by atoms with Crippen LogP contribution < -0.4 is 0 Å². The molecule has 3 rings (SSSR count). The van der Waals surface area contributed by atoms with Crippen molar-refractivity contribution in [1.29, 1.82) is 0 Å². The fourth-order valence-electron chi connectivity index (χ4n) is 3.87. The van der Waals surface area contributed by atoms with E-state index in [0.29, 0.717) is 18.3 Å². The Bertz CT molecular complexity index is 494. The first-order valence-electron chi connectivity index (χ1n) is 8.49. The Hall–Kier alpha value is -1.36. The minimum atomic E-state index is -0.0882. The molecule has 0 bridgehead atoms. The van der Waals surface area contributed by atoms with Crippen LogP contribution in [0.15, 0.2) is 12.3 Å². The Labute approximate surface area is 132 Å². The Kier molecular flexibility index (Phi) is 5.13. The van der Waals surface area contributed by atoms with Crippen molar-refractivity contribution >= 4 is 5.97 Å². The highest BCUT2D eigenvalue weighted by Gasteiger charge is 2.29. The number of methoxy groups -OCH3 is 1. The number of hydrogen-bond acceptors (Lipinski definition) is 4. The molecule has 1 aliphatic heterocycles. The lowest BCUT2D eigenvalue weighted by Crippen LogP contribution is -2.24. The normalized spacial score (nSPS) is 29.2. The van der Waals surface area contributed by atoms with Gasteiger partial charge in [-0.2, -0.15) is 5.10 Å². The quantitative estimate of drug-likeness (QED) is 0.800. The van der Waals surface area contributed by atoms with Gasteiger partial charge in [-0.3, -0.25) is 4.79 Å². The molecule has 0 amide bonds. The van der Waals surface area contributed by atoms with Crippen LogP contribution in [0, 0.1) is 5.92 Å². The number of aromatic nitrogens is 2. The Balaban J connectivity index is 1.68. The Morgan fingerprint density at radius 1 is 1.36 bits per heavy atom. The molecule has 3 atom stereocenters. The lowest BCUT2D eigenvalue weighted by Gasteiger charge is -2.31. The van der Waals surface area contributed by atoms with Gasteiger partial charge in [0.05, 0.1) is 7.11 Å². The van der Waals surface area contributed by atoms with Crippen LogP contribution in [0.2, 0.25) is 0 Å². The van der Waals surface area contributed by atoms with Gasteiger partial charge in [-0.15, -0.1) is 0 Å². The standard InChI is InChI=1S/C17H26N2O3/c1-21-17(20)12-13-5-4-6-14(11-13)15-8-9-18-19(15)16-7-2-3-10-22-16/h8-9,13-14,16H,2-7,10-12H2,1H3. The fourth-order valence-corrected chi connectivity index (χ4v) is 3.87. The summed E-state index contributed by atoms with van der Waals surface area (Å²) in [6, 6.07) is 2.13. The molecule has 2 heterocycles. The van der Waals surface area contributed by atoms with Crippen LogP contribution >= 0.6 is 0 Å². The third-order valence-electron chi connectivity index (χ3n) is 5.01. The number of esters is 1. The third kappa shape index (κ3) is 3.51. The van der Waals surface area contributed by atoms with Gasteiger partial charge in [0, 0.05) is 30.8 Å². The van der Waals surface area contributed by atoms with Crippen molar-refractivity contribution in [3.05, 3.63) is 18.0 Å². The summed E-state index contributed by atoms with van der Waals surface area (Å²) in [6.45, 7) is 0.833. The summed E-state index contributed by atoms with van der Waals surface area (Å²) < 4.78 is 12.8. The van der Waals surface area contributed by atoms with E-state index in [1.54, 1.807) is 0 Å². The molecule has 0 radical (unpaired) electrons. The molecule has 0 N–H and O–H groups in total. The van der Waals surface area contributed by atoms with Gasteiger partial charge in [0.15, 0.2) is 0 Å². The molecule has 2 aliphatic rings. The average Bonchev–Trinajstić information content (AvgIpc) is 3.05. The first kappa shape index (κ1) is 15.5. The van der Waals surface area contributed by atoms with Crippen LogP contribution in [0.3, 0.4) is 0 Å². The molecular formula is C17H26N2O3. The molecule has 0 spiro atoms. The van der Waals surface area contributed by atoms with Crippen LogP contribution in [-0.4, -0.2) is 29.5 Å². The number of carbonyl (C=O) groups excluding carboxylic acids is 1. The van der Waals surface area contributed by atoms with E-state index in [-0.39, 0.29) is 12.2 Å². The minimum Gasteiger partial charge on any atom is -0.469 e. The van der Waals surface area contributed by atoms with Crippen LogP contribution in [0.4, 0.5) is 0 Å². The molecule has 1 aromatic rings. The fraction of sp³-hybridized carbons (Fsp3) is 0.765. The number of carbonyl (C=O) groups is 1. The maximum atomic E-state index is 11.5. The smallest absolute Gasteiger partial charge is 0.305 e. The SMILES string of the molecule is COC(=O)CC1CCCC(c2ccnn2C2CCCCO2)C1. The number of rotatable bonds is 4. The number of ether oxygens (including phenoxy) is 2. The summed E-state index contributed by atoms with van der Waals surface area (Å²) in [5.41, 5.74) is 1.28. The lowest BCUT2D eigenvalue weighted by atomic mass is 9.78. The van der Waals surface area contributed by atoms with E-state index >= 15 is 0 Å². The molecular weight excluding hydrogens is 280 g/mol. The predicted octanol–water partition coefficient (Wildman–Crippen LogP) is 3.42. The van der Waals surface area contributed by atoms with E-state index in [9.17, 15) is 4.79 Å². The molecule has 1 saturated heterocycles. The minimum absolute atomic E-state index is 0.0882. The summed E-state index contributed by atoms with van der Waals surface area (Å²) in [7, 11) is 1.47. The second-order valence-corrected chi connectivity index (χ2v) is 6.53. The van der Waals surface area contributed by atoms with Crippen LogP contribution in [0.1, 0.15) is 69.2 Å². The summed E-state index contributed by atoms with van der Waals surface area (Å²) in [6.07, 6.45) is 10.5.